The van der Waals surface area contributed by atoms with Crippen molar-refractivity contribution in [3.05, 3.63) is 0 Å². The largest absolute Gasteiger partial charge is 0.388 e. The molecule has 1 rings (SSSR count). The third-order valence-electron chi connectivity index (χ3n) is 2.89. The fourth-order valence-corrected chi connectivity index (χ4v) is 1.90. The monoisotopic (exact) mass is 231 g/mol. The summed E-state index contributed by atoms with van der Waals surface area (Å²) < 4.78 is 5.68. The fourth-order valence-electron chi connectivity index (χ4n) is 1.90. The smallest absolute Gasteiger partial charge is 0.110 e. The van der Waals surface area contributed by atoms with E-state index >= 15 is 0 Å². The third kappa shape index (κ3) is 3.42. The van der Waals surface area contributed by atoms with Crippen molar-refractivity contribution in [2.24, 2.45) is 5.92 Å². The van der Waals surface area contributed by atoms with Crippen LogP contribution in [-0.2, 0) is 4.74 Å². The second-order valence-corrected chi connectivity index (χ2v) is 6.00. The van der Waals surface area contributed by atoms with E-state index in [2.05, 4.69) is 26.1 Å². The number of hydrogen-bond acceptors (Lipinski definition) is 4. The Hall–Kier alpha value is -0.160. The molecule has 0 aromatic carbocycles. The van der Waals surface area contributed by atoms with Crippen molar-refractivity contribution < 1.29 is 14.9 Å². The molecule has 96 valence electrons. The van der Waals surface area contributed by atoms with E-state index in [0.717, 1.165) is 0 Å². The molecule has 1 saturated heterocycles. The van der Waals surface area contributed by atoms with Gasteiger partial charge in [-0.15, -0.1) is 0 Å². The summed E-state index contributed by atoms with van der Waals surface area (Å²) in [7, 11) is 0. The molecule has 4 atom stereocenters. The van der Waals surface area contributed by atoms with Crippen LogP contribution in [0.4, 0.5) is 0 Å². The molecule has 1 heterocycles. The molecule has 1 aliphatic heterocycles. The Morgan fingerprint density at radius 1 is 1.19 bits per heavy atom. The van der Waals surface area contributed by atoms with E-state index in [9.17, 15) is 10.2 Å². The van der Waals surface area contributed by atoms with Gasteiger partial charge in [0, 0.05) is 12.1 Å². The van der Waals surface area contributed by atoms with Gasteiger partial charge in [-0.05, 0) is 26.7 Å². The lowest BCUT2D eigenvalue weighted by Crippen LogP contribution is -2.44. The Morgan fingerprint density at radius 2 is 1.75 bits per heavy atom. The van der Waals surface area contributed by atoms with Crippen LogP contribution in [-0.4, -0.2) is 46.7 Å². The maximum absolute atomic E-state index is 9.86. The van der Waals surface area contributed by atoms with Gasteiger partial charge in [0.15, 0.2) is 0 Å². The molecular formula is C12H25NO3. The van der Waals surface area contributed by atoms with E-state index in [1.54, 1.807) is 0 Å². The second kappa shape index (κ2) is 5.00. The summed E-state index contributed by atoms with van der Waals surface area (Å²) in [5.41, 5.74) is -0.00997. The summed E-state index contributed by atoms with van der Waals surface area (Å²) in [6, 6.07) is 0. The molecule has 4 unspecified atom stereocenters. The van der Waals surface area contributed by atoms with Crippen molar-refractivity contribution in [2.45, 2.75) is 64.6 Å². The fraction of sp³-hybridized carbons (Fsp3) is 1.00. The van der Waals surface area contributed by atoms with Crippen LogP contribution >= 0.6 is 0 Å². The maximum Gasteiger partial charge on any atom is 0.110 e. The van der Waals surface area contributed by atoms with Crippen LogP contribution in [0.2, 0.25) is 0 Å². The number of nitrogens with one attached hydrogen (secondary N) is 1. The highest BCUT2D eigenvalue weighted by Crippen LogP contribution is 2.26. The number of aliphatic hydroxyl groups is 2. The van der Waals surface area contributed by atoms with E-state index in [0.29, 0.717) is 6.54 Å². The highest BCUT2D eigenvalue weighted by molar-refractivity contribution is 4.93. The van der Waals surface area contributed by atoms with E-state index in [4.69, 9.17) is 4.74 Å². The zero-order valence-corrected chi connectivity index (χ0v) is 10.9. The Kier molecular flexibility index (Phi) is 4.35. The average Bonchev–Trinajstić information content (AvgIpc) is 2.40. The van der Waals surface area contributed by atoms with E-state index in [-0.39, 0.29) is 23.7 Å². The van der Waals surface area contributed by atoms with Crippen LogP contribution in [0.25, 0.3) is 0 Å². The molecule has 0 spiro atoms. The van der Waals surface area contributed by atoms with Crippen LogP contribution in [0.15, 0.2) is 0 Å². The van der Waals surface area contributed by atoms with Gasteiger partial charge in [-0.3, -0.25) is 0 Å². The van der Waals surface area contributed by atoms with E-state index < -0.39 is 12.2 Å². The summed E-state index contributed by atoms with van der Waals surface area (Å²) in [6.07, 6.45) is -2.14. The summed E-state index contributed by atoms with van der Waals surface area (Å²) in [4.78, 5) is 0. The first kappa shape index (κ1) is 13.9. The zero-order valence-electron chi connectivity index (χ0n) is 10.9. The van der Waals surface area contributed by atoms with Gasteiger partial charge in [-0.25, -0.2) is 0 Å². The Labute approximate surface area is 98.0 Å². The van der Waals surface area contributed by atoms with Crippen LogP contribution in [0.3, 0.4) is 0 Å². The molecule has 1 fully saturated rings. The van der Waals surface area contributed by atoms with E-state index in [1.807, 2.05) is 13.8 Å². The van der Waals surface area contributed by atoms with Crippen molar-refractivity contribution in [1.82, 2.24) is 5.32 Å². The van der Waals surface area contributed by atoms with Gasteiger partial charge in [0.05, 0.1) is 12.2 Å². The molecule has 0 radical (unpaired) electrons. The van der Waals surface area contributed by atoms with Gasteiger partial charge in [0.2, 0.25) is 0 Å². The van der Waals surface area contributed by atoms with Gasteiger partial charge in [0.25, 0.3) is 0 Å². The molecule has 16 heavy (non-hydrogen) atoms. The van der Waals surface area contributed by atoms with Crippen LogP contribution in [0.5, 0.6) is 0 Å². The molecule has 3 N–H and O–H groups in total. The van der Waals surface area contributed by atoms with Crippen molar-refractivity contribution in [3.8, 4) is 0 Å². The minimum atomic E-state index is -0.790. The molecule has 0 aliphatic carbocycles. The van der Waals surface area contributed by atoms with Crippen molar-refractivity contribution >= 4 is 0 Å². The highest BCUT2D eigenvalue weighted by Gasteiger charge is 2.43. The number of rotatable bonds is 3. The second-order valence-electron chi connectivity index (χ2n) is 6.00. The number of ether oxygens (including phenoxy) is 1. The summed E-state index contributed by atoms with van der Waals surface area (Å²) in [5.74, 6) is 0.212. The van der Waals surface area contributed by atoms with Gasteiger partial charge < -0.3 is 20.3 Å². The first-order valence-electron chi connectivity index (χ1n) is 5.99. The van der Waals surface area contributed by atoms with Crippen LogP contribution < -0.4 is 5.32 Å². The van der Waals surface area contributed by atoms with Crippen LogP contribution in [0, 0.1) is 5.92 Å². The topological polar surface area (TPSA) is 61.7 Å². The number of aliphatic hydroxyl groups excluding tert-OH is 2. The first-order chi connectivity index (χ1) is 7.22. The Balaban J connectivity index is 2.51. The molecule has 0 aromatic heterocycles. The third-order valence-corrected chi connectivity index (χ3v) is 2.89. The highest BCUT2D eigenvalue weighted by atomic mass is 16.5. The predicted octanol–water partition coefficient (Wildman–Crippen LogP) is 0.520. The quantitative estimate of drug-likeness (QED) is 0.663. The number of hydrogen-bond donors (Lipinski definition) is 3. The Bertz CT molecular complexity index is 225. The van der Waals surface area contributed by atoms with Crippen LogP contribution in [0.1, 0.15) is 34.6 Å². The summed E-state index contributed by atoms with van der Waals surface area (Å²) in [5, 5.41) is 23.0. The minimum absolute atomic E-state index is 0.00997. The SMILES string of the molecule is CC(C)C1OC(CNC(C)(C)C)C(O)C1O. The molecule has 0 bridgehead atoms. The molecule has 4 heteroatoms. The molecule has 0 saturated carbocycles. The minimum Gasteiger partial charge on any atom is -0.388 e. The maximum atomic E-state index is 9.86. The molecular weight excluding hydrogens is 206 g/mol. The van der Waals surface area contributed by atoms with Crippen molar-refractivity contribution in [1.29, 1.82) is 0 Å². The van der Waals surface area contributed by atoms with E-state index in [1.165, 1.54) is 0 Å². The lowest BCUT2D eigenvalue weighted by molar-refractivity contribution is -0.0177. The molecule has 0 aromatic rings. The average molecular weight is 231 g/mol. The standard InChI is InChI=1S/C12H25NO3/c1-7(2)11-10(15)9(14)8(16-11)6-13-12(3,4)5/h7-11,13-15H,6H2,1-5H3. The predicted molar refractivity (Wildman–Crippen MR) is 63.3 cm³/mol. The summed E-state index contributed by atoms with van der Waals surface area (Å²) in [6.45, 7) is 10.7. The van der Waals surface area contributed by atoms with Gasteiger partial charge in [-0.1, -0.05) is 13.8 Å². The molecule has 1 aliphatic rings. The van der Waals surface area contributed by atoms with Gasteiger partial charge >= 0.3 is 0 Å². The zero-order chi connectivity index (χ0) is 12.5. The normalized spacial score (nSPS) is 36.0. The Morgan fingerprint density at radius 3 is 2.12 bits per heavy atom. The lowest BCUT2D eigenvalue weighted by Gasteiger charge is -2.24. The van der Waals surface area contributed by atoms with Crippen molar-refractivity contribution in [2.75, 3.05) is 6.54 Å². The molecule has 0 amide bonds. The van der Waals surface area contributed by atoms with Crippen molar-refractivity contribution in [3.63, 3.8) is 0 Å². The van der Waals surface area contributed by atoms with Gasteiger partial charge in [-0.2, -0.15) is 0 Å². The first-order valence-corrected chi connectivity index (χ1v) is 5.99. The van der Waals surface area contributed by atoms with Gasteiger partial charge in [0.1, 0.15) is 12.2 Å². The lowest BCUT2D eigenvalue weighted by atomic mass is 9.99. The summed E-state index contributed by atoms with van der Waals surface area (Å²) >= 11 is 0. The molecule has 4 nitrogen and oxygen atoms in total.